The van der Waals surface area contributed by atoms with E-state index in [9.17, 15) is 0 Å². The van der Waals surface area contributed by atoms with Crippen LogP contribution in [-0.4, -0.2) is 76.7 Å². The normalized spacial score (nSPS) is 23.6. The summed E-state index contributed by atoms with van der Waals surface area (Å²) in [6.45, 7) is 7.74. The zero-order valence-electron chi connectivity index (χ0n) is 10.9. The summed E-state index contributed by atoms with van der Waals surface area (Å²) in [5.41, 5.74) is 0. The van der Waals surface area contributed by atoms with Crippen molar-refractivity contribution in [2.45, 2.75) is 0 Å². The van der Waals surface area contributed by atoms with Crippen LogP contribution in [0.25, 0.3) is 0 Å². The molecule has 1 aliphatic heterocycles. The third-order valence-corrected chi connectivity index (χ3v) is 2.48. The van der Waals surface area contributed by atoms with Crippen LogP contribution in [-0.2, 0) is 16.5 Å². The minimum Gasteiger partial charge on any atom is -0.303 e. The van der Waals surface area contributed by atoms with Crippen molar-refractivity contribution in [1.82, 2.24) is 31.1 Å². The molecule has 0 atom stereocenters. The average molecular weight is 289 g/mol. The summed E-state index contributed by atoms with van der Waals surface area (Å²) in [6, 6.07) is 0. The van der Waals surface area contributed by atoms with E-state index in [-0.39, 0.29) is 16.5 Å². The van der Waals surface area contributed by atoms with Crippen LogP contribution in [0.1, 0.15) is 0 Å². The minimum absolute atomic E-state index is 0. The SMILES string of the molecule is CN1CNCCNCN(C)CNCCNC1.[Ni]. The topological polar surface area (TPSA) is 54.6 Å². The van der Waals surface area contributed by atoms with E-state index in [0.29, 0.717) is 0 Å². The Kier molecular flexibility index (Phi) is 11.5. The Morgan fingerprint density at radius 3 is 1.06 bits per heavy atom. The van der Waals surface area contributed by atoms with Gasteiger partial charge in [-0.2, -0.15) is 0 Å². The molecule has 0 unspecified atom stereocenters. The largest absolute Gasteiger partial charge is 0.303 e. The number of hydrogen-bond acceptors (Lipinski definition) is 6. The van der Waals surface area contributed by atoms with Gasteiger partial charge in [0.25, 0.3) is 0 Å². The number of nitrogens with zero attached hydrogens (tertiary/aromatic N) is 2. The molecule has 0 bridgehead atoms. The standard InChI is InChI=1S/C10H26N6.Ni/c1-15-7-11-3-5-13-9-16(2)10-14-6-4-12-8-15;/h11-14H,3-10H2,1-2H3;. The van der Waals surface area contributed by atoms with Crippen molar-refractivity contribution in [3.05, 3.63) is 0 Å². The van der Waals surface area contributed by atoms with Gasteiger partial charge in [0.2, 0.25) is 0 Å². The van der Waals surface area contributed by atoms with Crippen molar-refractivity contribution < 1.29 is 16.5 Å². The van der Waals surface area contributed by atoms with Gasteiger partial charge < -0.3 is 21.3 Å². The first kappa shape index (κ1) is 17.3. The van der Waals surface area contributed by atoms with E-state index in [4.69, 9.17) is 0 Å². The Morgan fingerprint density at radius 1 is 0.588 bits per heavy atom. The molecular formula is C10H26N6Ni. The van der Waals surface area contributed by atoms with E-state index >= 15 is 0 Å². The zero-order valence-corrected chi connectivity index (χ0v) is 11.9. The fraction of sp³-hybridized carbons (Fsp3) is 1.00. The number of rotatable bonds is 0. The van der Waals surface area contributed by atoms with E-state index in [1.54, 1.807) is 0 Å². The van der Waals surface area contributed by atoms with Crippen LogP contribution in [0.5, 0.6) is 0 Å². The van der Waals surface area contributed by atoms with Crippen LogP contribution in [0.2, 0.25) is 0 Å². The molecule has 0 amide bonds. The summed E-state index contributed by atoms with van der Waals surface area (Å²) in [5.74, 6) is 0. The van der Waals surface area contributed by atoms with Crippen LogP contribution >= 0.6 is 0 Å². The summed E-state index contributed by atoms with van der Waals surface area (Å²) >= 11 is 0. The van der Waals surface area contributed by atoms with Crippen molar-refractivity contribution in [3.63, 3.8) is 0 Å². The first-order valence-electron chi connectivity index (χ1n) is 5.99. The second kappa shape index (κ2) is 11.3. The maximum atomic E-state index is 3.39. The van der Waals surface area contributed by atoms with Gasteiger partial charge in [-0.05, 0) is 14.1 Å². The van der Waals surface area contributed by atoms with Crippen LogP contribution in [0.15, 0.2) is 0 Å². The van der Waals surface area contributed by atoms with Crippen molar-refractivity contribution in [2.24, 2.45) is 0 Å². The molecule has 0 spiro atoms. The van der Waals surface area contributed by atoms with Gasteiger partial charge in [-0.1, -0.05) is 0 Å². The Morgan fingerprint density at radius 2 is 0.824 bits per heavy atom. The fourth-order valence-electron chi connectivity index (χ4n) is 1.55. The molecule has 1 aliphatic rings. The van der Waals surface area contributed by atoms with E-state index in [0.717, 1.165) is 52.9 Å². The van der Waals surface area contributed by atoms with Gasteiger partial charge in [-0.15, -0.1) is 0 Å². The predicted molar refractivity (Wildman–Crippen MR) is 67.0 cm³/mol. The summed E-state index contributed by atoms with van der Waals surface area (Å²) in [5, 5.41) is 13.6. The molecule has 4 N–H and O–H groups in total. The number of hydrogen-bond donors (Lipinski definition) is 4. The molecule has 0 radical (unpaired) electrons. The van der Waals surface area contributed by atoms with Gasteiger partial charge in [0, 0.05) is 69.3 Å². The average Bonchev–Trinajstić information content (AvgIpc) is 2.27. The van der Waals surface area contributed by atoms with Crippen molar-refractivity contribution in [1.29, 1.82) is 0 Å². The smallest absolute Gasteiger partial charge is 0.0489 e. The molecule has 7 heteroatoms. The predicted octanol–water partition coefficient (Wildman–Crippen LogP) is -1.95. The zero-order chi connectivity index (χ0) is 11.6. The van der Waals surface area contributed by atoms with Gasteiger partial charge in [0.1, 0.15) is 0 Å². The van der Waals surface area contributed by atoms with Gasteiger partial charge in [0.05, 0.1) is 0 Å². The molecule has 6 nitrogen and oxygen atoms in total. The third-order valence-electron chi connectivity index (χ3n) is 2.48. The molecule has 1 saturated heterocycles. The third kappa shape index (κ3) is 9.91. The Hall–Kier alpha value is 0.254. The Balaban J connectivity index is 0.00000256. The maximum Gasteiger partial charge on any atom is 0.0489 e. The van der Waals surface area contributed by atoms with Crippen molar-refractivity contribution >= 4 is 0 Å². The van der Waals surface area contributed by atoms with Crippen LogP contribution < -0.4 is 21.3 Å². The molecule has 106 valence electrons. The maximum absolute atomic E-state index is 3.39. The van der Waals surface area contributed by atoms with Gasteiger partial charge in [-0.25, -0.2) is 0 Å². The van der Waals surface area contributed by atoms with E-state index < -0.39 is 0 Å². The molecule has 1 heterocycles. The van der Waals surface area contributed by atoms with Gasteiger partial charge in [0.15, 0.2) is 0 Å². The summed E-state index contributed by atoms with van der Waals surface area (Å²) in [4.78, 5) is 4.47. The van der Waals surface area contributed by atoms with E-state index in [2.05, 4.69) is 45.2 Å². The van der Waals surface area contributed by atoms with Gasteiger partial charge in [-0.3, -0.25) is 9.80 Å². The van der Waals surface area contributed by atoms with Gasteiger partial charge >= 0.3 is 0 Å². The molecule has 0 saturated carbocycles. The van der Waals surface area contributed by atoms with Crippen molar-refractivity contribution in [3.8, 4) is 0 Å². The quantitative estimate of drug-likeness (QED) is 0.389. The molecule has 1 rings (SSSR count). The first-order chi connectivity index (χ1) is 7.79. The van der Waals surface area contributed by atoms with Crippen LogP contribution in [0.3, 0.4) is 0 Å². The molecule has 0 aromatic rings. The second-order valence-corrected chi connectivity index (χ2v) is 4.34. The number of nitrogens with one attached hydrogen (secondary N) is 4. The molecule has 17 heavy (non-hydrogen) atoms. The second-order valence-electron chi connectivity index (χ2n) is 4.34. The van der Waals surface area contributed by atoms with E-state index in [1.807, 2.05) is 0 Å². The van der Waals surface area contributed by atoms with Crippen molar-refractivity contribution in [2.75, 3.05) is 66.9 Å². The molecule has 1 fully saturated rings. The molecule has 0 aromatic heterocycles. The van der Waals surface area contributed by atoms with Crippen LogP contribution in [0.4, 0.5) is 0 Å². The summed E-state index contributed by atoms with van der Waals surface area (Å²) in [7, 11) is 4.22. The Labute approximate surface area is 115 Å². The van der Waals surface area contributed by atoms with E-state index in [1.165, 1.54) is 0 Å². The molecular weight excluding hydrogens is 263 g/mol. The van der Waals surface area contributed by atoms with Crippen LogP contribution in [0, 0.1) is 0 Å². The first-order valence-corrected chi connectivity index (χ1v) is 5.99. The monoisotopic (exact) mass is 288 g/mol. The summed E-state index contributed by atoms with van der Waals surface area (Å²) in [6.07, 6.45) is 0. The minimum atomic E-state index is 0. The Bertz CT molecular complexity index is 137. The summed E-state index contributed by atoms with van der Waals surface area (Å²) < 4.78 is 0. The molecule has 0 aromatic carbocycles. The fourth-order valence-corrected chi connectivity index (χ4v) is 1.55. The molecule has 0 aliphatic carbocycles.